The lowest BCUT2D eigenvalue weighted by Gasteiger charge is -2.36. The van der Waals surface area contributed by atoms with Gasteiger partial charge in [0.15, 0.2) is 0 Å². The van der Waals surface area contributed by atoms with E-state index in [1.807, 2.05) is 48.5 Å². The van der Waals surface area contributed by atoms with Gasteiger partial charge in [0.25, 0.3) is 5.91 Å². The van der Waals surface area contributed by atoms with E-state index >= 15 is 0 Å². The first-order valence-corrected chi connectivity index (χ1v) is 9.41. The molecule has 2 atom stereocenters. The zero-order chi connectivity index (χ0) is 19.3. The first-order valence-electron chi connectivity index (χ1n) is 9.41. The molecule has 2 aromatic heterocycles. The van der Waals surface area contributed by atoms with E-state index in [-0.39, 0.29) is 11.9 Å². The summed E-state index contributed by atoms with van der Waals surface area (Å²) in [4.78, 5) is 19.0. The molecular formula is C21H23N5O2. The Labute approximate surface area is 163 Å². The second kappa shape index (κ2) is 8.33. The number of piperidine rings is 1. The number of aliphatic hydroxyl groups is 1. The standard InChI is InChI=1S/C21H23N5O2/c27-20-14-26(13-16-8-4-5-10-22-16)11-9-17(20)23-21(28)19-12-18(24-25-19)15-6-2-1-3-7-15/h1-8,10,12,17,20,27H,9,11,13-14H2,(H,23,28)(H,24,25)/t17-,20-/m1/s1. The molecule has 7 nitrogen and oxygen atoms in total. The van der Waals surface area contributed by atoms with E-state index in [0.29, 0.717) is 25.2 Å². The molecule has 0 radical (unpaired) electrons. The van der Waals surface area contributed by atoms with Gasteiger partial charge in [-0.05, 0) is 24.6 Å². The summed E-state index contributed by atoms with van der Waals surface area (Å²) in [7, 11) is 0. The molecule has 3 heterocycles. The van der Waals surface area contributed by atoms with E-state index in [0.717, 1.165) is 23.5 Å². The Bertz CT molecular complexity index is 913. The number of hydrogen-bond acceptors (Lipinski definition) is 5. The lowest BCUT2D eigenvalue weighted by Crippen LogP contribution is -2.53. The molecule has 7 heteroatoms. The van der Waals surface area contributed by atoms with Gasteiger partial charge in [0.05, 0.1) is 23.5 Å². The van der Waals surface area contributed by atoms with Crippen LogP contribution in [-0.2, 0) is 6.54 Å². The minimum Gasteiger partial charge on any atom is -0.390 e. The molecule has 0 unspecified atom stereocenters. The van der Waals surface area contributed by atoms with E-state index < -0.39 is 6.10 Å². The zero-order valence-corrected chi connectivity index (χ0v) is 15.5. The van der Waals surface area contributed by atoms with Crippen LogP contribution in [0.2, 0.25) is 0 Å². The van der Waals surface area contributed by atoms with Crippen molar-refractivity contribution in [2.24, 2.45) is 0 Å². The third-order valence-corrected chi connectivity index (χ3v) is 4.99. The zero-order valence-electron chi connectivity index (χ0n) is 15.5. The number of aliphatic hydroxyl groups excluding tert-OH is 1. The SMILES string of the molecule is O=C(N[C@@H]1CCN(Cc2ccccn2)C[C@H]1O)c1cc(-c2ccccc2)n[nH]1. The van der Waals surface area contributed by atoms with Crippen molar-refractivity contribution in [1.82, 2.24) is 25.4 Å². The number of likely N-dealkylation sites (tertiary alicyclic amines) is 1. The number of aromatic nitrogens is 3. The number of carbonyl (C=O) groups excluding carboxylic acids is 1. The smallest absolute Gasteiger partial charge is 0.269 e. The van der Waals surface area contributed by atoms with Crippen molar-refractivity contribution in [1.29, 1.82) is 0 Å². The molecule has 0 aliphatic carbocycles. The van der Waals surface area contributed by atoms with Crippen LogP contribution in [-0.4, -0.2) is 56.3 Å². The van der Waals surface area contributed by atoms with Gasteiger partial charge in [0, 0.05) is 31.4 Å². The summed E-state index contributed by atoms with van der Waals surface area (Å²) in [5, 5.41) is 20.4. The summed E-state index contributed by atoms with van der Waals surface area (Å²) in [6.07, 6.45) is 1.82. The number of carbonyl (C=O) groups is 1. The second-order valence-corrected chi connectivity index (χ2v) is 7.03. The number of aromatic amines is 1. The Kier molecular flexibility index (Phi) is 5.45. The van der Waals surface area contributed by atoms with Crippen molar-refractivity contribution in [3.8, 4) is 11.3 Å². The highest BCUT2D eigenvalue weighted by Crippen LogP contribution is 2.18. The van der Waals surface area contributed by atoms with E-state index in [9.17, 15) is 9.90 Å². The van der Waals surface area contributed by atoms with E-state index in [2.05, 4.69) is 25.4 Å². The van der Waals surface area contributed by atoms with Crippen LogP contribution in [0.3, 0.4) is 0 Å². The second-order valence-electron chi connectivity index (χ2n) is 7.03. The van der Waals surface area contributed by atoms with Crippen LogP contribution in [0.15, 0.2) is 60.8 Å². The fourth-order valence-corrected chi connectivity index (χ4v) is 3.47. The van der Waals surface area contributed by atoms with Crippen LogP contribution in [0, 0.1) is 0 Å². The summed E-state index contributed by atoms with van der Waals surface area (Å²) in [5.74, 6) is -0.253. The largest absolute Gasteiger partial charge is 0.390 e. The number of rotatable bonds is 5. The van der Waals surface area contributed by atoms with Crippen molar-refractivity contribution in [2.45, 2.75) is 25.1 Å². The van der Waals surface area contributed by atoms with Gasteiger partial charge in [0.2, 0.25) is 0 Å². The molecule has 28 heavy (non-hydrogen) atoms. The van der Waals surface area contributed by atoms with Gasteiger partial charge in [-0.1, -0.05) is 36.4 Å². The lowest BCUT2D eigenvalue weighted by atomic mass is 10.0. The average Bonchev–Trinajstić information content (AvgIpc) is 3.22. The van der Waals surface area contributed by atoms with Crippen molar-refractivity contribution in [3.63, 3.8) is 0 Å². The van der Waals surface area contributed by atoms with Crippen LogP contribution in [0.1, 0.15) is 22.6 Å². The summed E-state index contributed by atoms with van der Waals surface area (Å²) in [6, 6.07) is 17.0. The Hall–Kier alpha value is -3.03. The fraction of sp³-hybridized carbons (Fsp3) is 0.286. The minimum atomic E-state index is -0.627. The molecule has 4 rings (SSSR count). The molecule has 144 valence electrons. The Morgan fingerprint density at radius 1 is 1.21 bits per heavy atom. The molecule has 1 fully saturated rings. The molecule has 1 aromatic carbocycles. The third kappa shape index (κ3) is 4.27. The molecule has 3 aromatic rings. The van der Waals surface area contributed by atoms with Crippen molar-refractivity contribution < 1.29 is 9.90 Å². The first-order chi connectivity index (χ1) is 13.7. The number of nitrogens with one attached hydrogen (secondary N) is 2. The number of H-pyrrole nitrogens is 1. The fourth-order valence-electron chi connectivity index (χ4n) is 3.47. The maximum atomic E-state index is 12.6. The maximum absolute atomic E-state index is 12.6. The summed E-state index contributed by atoms with van der Waals surface area (Å²) < 4.78 is 0. The quantitative estimate of drug-likeness (QED) is 0.631. The average molecular weight is 377 g/mol. The highest BCUT2D eigenvalue weighted by atomic mass is 16.3. The summed E-state index contributed by atoms with van der Waals surface area (Å²) >= 11 is 0. The Morgan fingerprint density at radius 2 is 2.04 bits per heavy atom. The van der Waals surface area contributed by atoms with Crippen molar-refractivity contribution >= 4 is 5.91 Å². The van der Waals surface area contributed by atoms with E-state index in [4.69, 9.17) is 0 Å². The lowest BCUT2D eigenvalue weighted by molar-refractivity contribution is 0.0344. The molecule has 0 spiro atoms. The number of amides is 1. The number of hydrogen-bond donors (Lipinski definition) is 3. The number of benzene rings is 1. The van der Waals surface area contributed by atoms with Crippen LogP contribution < -0.4 is 5.32 Å². The topological polar surface area (TPSA) is 94.1 Å². The van der Waals surface area contributed by atoms with Crippen molar-refractivity contribution in [3.05, 3.63) is 72.2 Å². The van der Waals surface area contributed by atoms with Gasteiger partial charge in [-0.3, -0.25) is 19.8 Å². The highest BCUT2D eigenvalue weighted by Gasteiger charge is 2.29. The monoisotopic (exact) mass is 377 g/mol. The van der Waals surface area contributed by atoms with Gasteiger partial charge in [-0.2, -0.15) is 5.10 Å². The Balaban J connectivity index is 1.33. The first kappa shape index (κ1) is 18.3. The van der Waals surface area contributed by atoms with E-state index in [1.165, 1.54) is 0 Å². The molecule has 1 aliphatic rings. The van der Waals surface area contributed by atoms with Crippen LogP contribution >= 0.6 is 0 Å². The molecular weight excluding hydrogens is 354 g/mol. The number of nitrogens with zero attached hydrogens (tertiary/aromatic N) is 3. The molecule has 1 saturated heterocycles. The number of β-amino-alcohol motifs (C(OH)–C–C–N with tert-alkyl or cyclic N) is 1. The van der Waals surface area contributed by atoms with Gasteiger partial charge >= 0.3 is 0 Å². The maximum Gasteiger partial charge on any atom is 0.269 e. The number of pyridine rings is 1. The van der Waals surface area contributed by atoms with Crippen LogP contribution in [0.5, 0.6) is 0 Å². The van der Waals surface area contributed by atoms with Crippen LogP contribution in [0.4, 0.5) is 0 Å². The minimum absolute atomic E-state index is 0.253. The molecule has 0 saturated carbocycles. The van der Waals surface area contributed by atoms with Gasteiger partial charge in [0.1, 0.15) is 5.69 Å². The third-order valence-electron chi connectivity index (χ3n) is 4.99. The normalized spacial score (nSPS) is 20.0. The molecule has 1 aliphatic heterocycles. The summed E-state index contributed by atoms with van der Waals surface area (Å²) in [6.45, 7) is 1.98. The predicted octanol–water partition coefficient (Wildman–Crippen LogP) is 1.84. The van der Waals surface area contributed by atoms with Crippen LogP contribution in [0.25, 0.3) is 11.3 Å². The van der Waals surface area contributed by atoms with Gasteiger partial charge in [-0.15, -0.1) is 0 Å². The molecule has 3 N–H and O–H groups in total. The van der Waals surface area contributed by atoms with Gasteiger partial charge in [-0.25, -0.2) is 0 Å². The highest BCUT2D eigenvalue weighted by molar-refractivity contribution is 5.93. The predicted molar refractivity (Wildman–Crippen MR) is 105 cm³/mol. The Morgan fingerprint density at radius 3 is 2.79 bits per heavy atom. The summed E-state index contributed by atoms with van der Waals surface area (Å²) in [5.41, 5.74) is 3.03. The molecule has 1 amide bonds. The van der Waals surface area contributed by atoms with Gasteiger partial charge < -0.3 is 10.4 Å². The van der Waals surface area contributed by atoms with E-state index in [1.54, 1.807) is 12.3 Å². The molecule has 0 bridgehead atoms. The van der Waals surface area contributed by atoms with Crippen molar-refractivity contribution in [2.75, 3.05) is 13.1 Å².